The third-order valence-electron chi connectivity index (χ3n) is 9.47. The molecule has 1 unspecified atom stereocenters. The molecule has 49 heavy (non-hydrogen) atoms. The summed E-state index contributed by atoms with van der Waals surface area (Å²) in [6, 6.07) is 39.1. The van der Waals surface area contributed by atoms with Crippen LogP contribution in [0.1, 0.15) is 59.9 Å². The highest BCUT2D eigenvalue weighted by Crippen LogP contribution is 2.37. The maximum absolute atomic E-state index is 14.2. The summed E-state index contributed by atoms with van der Waals surface area (Å²) in [6.45, 7) is 13.9. The fourth-order valence-corrected chi connectivity index (χ4v) is 13.0. The second-order valence-corrected chi connectivity index (χ2v) is 20.4. The number of benzene rings is 4. The number of hydrogen-bond donors (Lipinski definition) is 0. The van der Waals surface area contributed by atoms with Crippen molar-refractivity contribution in [1.29, 1.82) is 0 Å². The lowest BCUT2D eigenvalue weighted by atomic mass is 9.95. The van der Waals surface area contributed by atoms with E-state index >= 15 is 0 Å². The zero-order valence-corrected chi connectivity index (χ0v) is 31.7. The molecule has 260 valence electrons. The van der Waals surface area contributed by atoms with Gasteiger partial charge in [-0.3, -0.25) is 4.79 Å². The number of hydrogen-bond acceptors (Lipinski definition) is 5. The molecule has 5 nitrogen and oxygen atoms in total. The van der Waals surface area contributed by atoms with Crippen molar-refractivity contribution in [2.75, 3.05) is 13.2 Å². The molecule has 3 atom stereocenters. The quantitative estimate of drug-likeness (QED) is 0.0633. The van der Waals surface area contributed by atoms with E-state index in [2.05, 4.69) is 45.0 Å². The van der Waals surface area contributed by atoms with E-state index in [-0.39, 0.29) is 15.9 Å². The molecule has 7 heteroatoms. The van der Waals surface area contributed by atoms with E-state index < -0.39 is 35.1 Å². The first-order chi connectivity index (χ1) is 23.4. The highest BCUT2D eigenvalue weighted by atomic mass is 32.2. The fraction of sp³-hybridized carbons (Fsp3) is 0.357. The molecule has 0 amide bonds. The van der Waals surface area contributed by atoms with Crippen LogP contribution in [0.2, 0.25) is 5.04 Å². The molecule has 0 spiro atoms. The van der Waals surface area contributed by atoms with Gasteiger partial charge in [0.1, 0.15) is 5.25 Å². The van der Waals surface area contributed by atoms with Gasteiger partial charge in [0.05, 0.1) is 11.5 Å². The van der Waals surface area contributed by atoms with E-state index in [1.807, 2.05) is 87.5 Å². The molecule has 0 saturated carbocycles. The van der Waals surface area contributed by atoms with Crippen LogP contribution >= 0.6 is 0 Å². The second-order valence-electron chi connectivity index (χ2n) is 14.1. The van der Waals surface area contributed by atoms with Crippen LogP contribution in [-0.2, 0) is 30.4 Å². The first kappa shape index (κ1) is 38.2. The Labute approximate surface area is 295 Å². The third-order valence-corrected chi connectivity index (χ3v) is 16.8. The molecule has 0 bridgehead atoms. The Morgan fingerprint density at radius 2 is 1.22 bits per heavy atom. The standard InChI is InChI=1S/C42H52O5SSi/c1-33(27-29-46-32-36-19-11-7-12-20-36)35(3)31-40(43)41(48(44,45)37-21-13-8-14-22-37)34(2)28-30-47-49(42(4,5)6,38-23-15-9-16-24-38)39-25-17-10-18-26-39/h7-26,31,33-34,41H,27-30,32H2,1-6H3/b35-31+/t33-,34-,41?/m0/s1. The molecule has 0 aliphatic rings. The topological polar surface area (TPSA) is 69.7 Å². The van der Waals surface area contributed by atoms with Crippen LogP contribution in [0, 0.1) is 11.8 Å². The zero-order valence-electron chi connectivity index (χ0n) is 29.8. The van der Waals surface area contributed by atoms with Crippen molar-refractivity contribution in [1.82, 2.24) is 0 Å². The highest BCUT2D eigenvalue weighted by molar-refractivity contribution is 7.92. The molecule has 0 saturated heterocycles. The summed E-state index contributed by atoms with van der Waals surface area (Å²) in [5.74, 6) is -0.838. The third kappa shape index (κ3) is 9.54. The first-order valence-electron chi connectivity index (χ1n) is 17.3. The van der Waals surface area contributed by atoms with Crippen LogP contribution in [0.25, 0.3) is 0 Å². The van der Waals surface area contributed by atoms with Gasteiger partial charge in [-0.15, -0.1) is 0 Å². The van der Waals surface area contributed by atoms with Gasteiger partial charge in [-0.1, -0.05) is 149 Å². The van der Waals surface area contributed by atoms with Crippen molar-refractivity contribution in [2.45, 2.75) is 76.2 Å². The lowest BCUT2D eigenvalue weighted by molar-refractivity contribution is -0.115. The maximum Gasteiger partial charge on any atom is 0.261 e. The highest BCUT2D eigenvalue weighted by Gasteiger charge is 2.50. The van der Waals surface area contributed by atoms with E-state index in [0.29, 0.717) is 26.2 Å². The van der Waals surface area contributed by atoms with Gasteiger partial charge >= 0.3 is 0 Å². The Morgan fingerprint density at radius 3 is 1.73 bits per heavy atom. The lowest BCUT2D eigenvalue weighted by Gasteiger charge is -2.43. The molecule has 0 aliphatic carbocycles. The van der Waals surface area contributed by atoms with Gasteiger partial charge in [0.2, 0.25) is 0 Å². The molecule has 0 heterocycles. The zero-order chi connectivity index (χ0) is 35.5. The van der Waals surface area contributed by atoms with Crippen molar-refractivity contribution in [2.24, 2.45) is 11.8 Å². The molecule has 0 aliphatic heterocycles. The van der Waals surface area contributed by atoms with Crippen molar-refractivity contribution in [3.8, 4) is 0 Å². The van der Waals surface area contributed by atoms with Gasteiger partial charge in [-0.05, 0) is 70.8 Å². The van der Waals surface area contributed by atoms with Gasteiger partial charge in [0, 0.05) is 13.2 Å². The van der Waals surface area contributed by atoms with Crippen LogP contribution in [0.5, 0.6) is 0 Å². The normalized spacial score (nSPS) is 14.6. The fourth-order valence-electron chi connectivity index (χ4n) is 6.51. The largest absolute Gasteiger partial charge is 0.407 e. The van der Waals surface area contributed by atoms with Gasteiger partial charge in [-0.25, -0.2) is 8.42 Å². The summed E-state index contributed by atoms with van der Waals surface area (Å²) in [4.78, 5) is 14.2. The summed E-state index contributed by atoms with van der Waals surface area (Å²) in [5, 5.41) is 0.858. The van der Waals surface area contributed by atoms with E-state index in [4.69, 9.17) is 9.16 Å². The van der Waals surface area contributed by atoms with Gasteiger partial charge < -0.3 is 9.16 Å². The number of sulfone groups is 1. The molecule has 0 aromatic heterocycles. The molecule has 0 fully saturated rings. The van der Waals surface area contributed by atoms with Crippen molar-refractivity contribution in [3.05, 3.63) is 139 Å². The molecule has 4 aromatic carbocycles. The molecular weight excluding hydrogens is 645 g/mol. The lowest BCUT2D eigenvalue weighted by Crippen LogP contribution is -2.66. The Kier molecular flexibility index (Phi) is 13.5. The number of ether oxygens (including phenoxy) is 1. The van der Waals surface area contributed by atoms with E-state index in [1.165, 1.54) is 0 Å². The predicted molar refractivity (Wildman–Crippen MR) is 203 cm³/mol. The van der Waals surface area contributed by atoms with E-state index in [9.17, 15) is 13.2 Å². The predicted octanol–water partition coefficient (Wildman–Crippen LogP) is 8.19. The minimum atomic E-state index is -3.98. The molecule has 4 rings (SSSR count). The average Bonchev–Trinajstić information content (AvgIpc) is 3.09. The number of rotatable bonds is 17. The SMILES string of the molecule is C/C(=C\C(=O)C([C@@H](C)CCO[Si](c1ccccc1)(c1ccccc1)C(C)(C)C)S(=O)(=O)c1ccccc1)[C@@H](C)CCOCc1ccccc1. The monoisotopic (exact) mass is 696 g/mol. The Morgan fingerprint density at radius 1 is 0.735 bits per heavy atom. The average molecular weight is 697 g/mol. The van der Waals surface area contributed by atoms with Crippen molar-refractivity contribution < 1.29 is 22.4 Å². The van der Waals surface area contributed by atoms with Crippen LogP contribution < -0.4 is 10.4 Å². The van der Waals surface area contributed by atoms with Gasteiger partial charge in [-0.2, -0.15) is 0 Å². The second kappa shape index (κ2) is 17.3. The molecule has 0 N–H and O–H groups in total. The summed E-state index contributed by atoms with van der Waals surface area (Å²) in [6.07, 6.45) is 2.68. The summed E-state index contributed by atoms with van der Waals surface area (Å²) >= 11 is 0. The molecule has 0 radical (unpaired) electrons. The van der Waals surface area contributed by atoms with Gasteiger partial charge in [0.15, 0.2) is 15.6 Å². The Bertz CT molecular complexity index is 1700. The summed E-state index contributed by atoms with van der Waals surface area (Å²) < 4.78 is 41.3. The van der Waals surface area contributed by atoms with Gasteiger partial charge in [0.25, 0.3) is 8.32 Å². The number of carbonyl (C=O) groups excluding carboxylic acids is 1. The smallest absolute Gasteiger partial charge is 0.261 e. The number of carbonyl (C=O) groups is 1. The first-order valence-corrected chi connectivity index (χ1v) is 20.7. The summed E-state index contributed by atoms with van der Waals surface area (Å²) in [7, 11) is -6.81. The summed E-state index contributed by atoms with van der Waals surface area (Å²) in [5.41, 5.74) is 1.96. The van der Waals surface area contributed by atoms with E-state index in [1.54, 1.807) is 36.4 Å². The van der Waals surface area contributed by atoms with Crippen LogP contribution in [0.4, 0.5) is 0 Å². The van der Waals surface area contributed by atoms with Crippen LogP contribution in [-0.4, -0.2) is 41.0 Å². The maximum atomic E-state index is 14.2. The Balaban J connectivity index is 1.56. The van der Waals surface area contributed by atoms with E-state index in [0.717, 1.165) is 27.9 Å². The minimum absolute atomic E-state index is 0.0496. The number of ketones is 1. The Hall–Kier alpha value is -3.62. The molecular formula is C42H52O5SSi. The van der Waals surface area contributed by atoms with Crippen LogP contribution in [0.3, 0.4) is 0 Å². The van der Waals surface area contributed by atoms with Crippen LogP contribution in [0.15, 0.2) is 138 Å². The molecule has 4 aromatic rings. The number of allylic oxidation sites excluding steroid dienone is 2. The van der Waals surface area contributed by atoms with Crippen molar-refractivity contribution in [3.63, 3.8) is 0 Å². The minimum Gasteiger partial charge on any atom is -0.407 e. The van der Waals surface area contributed by atoms with Crippen molar-refractivity contribution >= 4 is 34.3 Å².